The lowest BCUT2D eigenvalue weighted by atomic mass is 10.1. The zero-order valence-corrected chi connectivity index (χ0v) is 8.47. The molecule has 0 aliphatic heterocycles. The van der Waals surface area contributed by atoms with Crippen molar-refractivity contribution in [2.75, 3.05) is 13.7 Å². The lowest BCUT2D eigenvalue weighted by Gasteiger charge is -2.16. The van der Waals surface area contributed by atoms with E-state index in [0.29, 0.717) is 12.1 Å². The molecule has 0 aromatic rings. The van der Waals surface area contributed by atoms with Crippen LogP contribution >= 0.6 is 0 Å². The van der Waals surface area contributed by atoms with E-state index >= 15 is 0 Å². The fourth-order valence-electron chi connectivity index (χ4n) is 1.55. The molecule has 1 aliphatic rings. The monoisotopic (exact) mass is 171 g/mol. The highest BCUT2D eigenvalue weighted by atomic mass is 16.5. The Labute approximate surface area is 75.7 Å². The molecule has 0 aromatic carbocycles. The molecule has 0 bridgehead atoms. The predicted octanol–water partition coefficient (Wildman–Crippen LogP) is 1.80. The van der Waals surface area contributed by atoms with Crippen molar-refractivity contribution in [1.29, 1.82) is 0 Å². The summed E-state index contributed by atoms with van der Waals surface area (Å²) in [6, 6.07) is 0.698. The number of ether oxygens (including phenoxy) is 1. The Morgan fingerprint density at radius 1 is 1.42 bits per heavy atom. The van der Waals surface area contributed by atoms with E-state index in [2.05, 4.69) is 26.2 Å². The molecule has 0 heterocycles. The fraction of sp³-hybridized carbons (Fsp3) is 1.00. The normalized spacial score (nSPS) is 20.0. The first-order chi connectivity index (χ1) is 5.74. The predicted molar refractivity (Wildman–Crippen MR) is 51.3 cm³/mol. The van der Waals surface area contributed by atoms with E-state index in [1.807, 2.05) is 0 Å². The van der Waals surface area contributed by atoms with Crippen molar-refractivity contribution in [2.24, 2.45) is 5.92 Å². The van der Waals surface area contributed by atoms with Crippen LogP contribution in [0.4, 0.5) is 0 Å². The molecule has 0 spiro atoms. The molecule has 72 valence electrons. The summed E-state index contributed by atoms with van der Waals surface area (Å²) >= 11 is 0. The van der Waals surface area contributed by atoms with Crippen molar-refractivity contribution in [2.45, 2.75) is 45.3 Å². The summed E-state index contributed by atoms with van der Waals surface area (Å²) < 4.78 is 5.51. The Morgan fingerprint density at radius 2 is 2.08 bits per heavy atom. The van der Waals surface area contributed by atoms with Gasteiger partial charge in [0.2, 0.25) is 0 Å². The van der Waals surface area contributed by atoms with Crippen molar-refractivity contribution in [1.82, 2.24) is 5.32 Å². The maximum Gasteiger partial charge on any atom is 0.0518 e. The first-order valence-electron chi connectivity index (χ1n) is 5.03. The average Bonchev–Trinajstić information content (AvgIpc) is 2.80. The highest BCUT2D eigenvalue weighted by Crippen LogP contribution is 2.33. The third kappa shape index (κ3) is 3.55. The zero-order chi connectivity index (χ0) is 8.97. The molecule has 12 heavy (non-hydrogen) atoms. The van der Waals surface area contributed by atoms with Gasteiger partial charge in [-0.05, 0) is 46.1 Å². The molecule has 1 N–H and O–H groups in total. The molecule has 1 atom stereocenters. The molecular weight excluding hydrogens is 150 g/mol. The Hall–Kier alpha value is -0.0800. The summed E-state index contributed by atoms with van der Waals surface area (Å²) in [6.07, 6.45) is 4.36. The molecule has 1 rings (SSSR count). The number of rotatable bonds is 6. The topological polar surface area (TPSA) is 21.3 Å². The largest absolute Gasteiger partial charge is 0.379 e. The van der Waals surface area contributed by atoms with E-state index in [9.17, 15) is 0 Å². The maximum absolute atomic E-state index is 5.51. The lowest BCUT2D eigenvalue weighted by Crippen LogP contribution is -2.29. The second-order valence-corrected chi connectivity index (χ2v) is 3.94. The zero-order valence-electron chi connectivity index (χ0n) is 8.47. The summed E-state index contributed by atoms with van der Waals surface area (Å²) in [6.45, 7) is 5.08. The molecular formula is C10H21NO. The molecule has 0 aromatic heterocycles. The van der Waals surface area contributed by atoms with E-state index in [1.165, 1.54) is 19.3 Å². The van der Waals surface area contributed by atoms with Gasteiger partial charge in [-0.3, -0.25) is 0 Å². The van der Waals surface area contributed by atoms with E-state index < -0.39 is 0 Å². The fourth-order valence-corrected chi connectivity index (χ4v) is 1.55. The van der Waals surface area contributed by atoms with Crippen molar-refractivity contribution < 1.29 is 4.74 Å². The Bertz CT molecular complexity index is 121. The quantitative estimate of drug-likeness (QED) is 0.658. The minimum Gasteiger partial charge on any atom is -0.379 e. The smallest absolute Gasteiger partial charge is 0.0518 e. The highest BCUT2D eigenvalue weighted by molar-refractivity contribution is 4.85. The Morgan fingerprint density at radius 3 is 2.50 bits per heavy atom. The number of hydrogen-bond donors (Lipinski definition) is 1. The van der Waals surface area contributed by atoms with E-state index in [0.717, 1.165) is 12.5 Å². The van der Waals surface area contributed by atoms with Gasteiger partial charge in [-0.25, -0.2) is 0 Å². The SMILES string of the molecule is CNC(CCOC(C)C)C1CC1. The minimum atomic E-state index is 0.377. The molecule has 0 saturated heterocycles. The van der Waals surface area contributed by atoms with E-state index in [-0.39, 0.29) is 0 Å². The van der Waals surface area contributed by atoms with Gasteiger partial charge in [0, 0.05) is 12.6 Å². The van der Waals surface area contributed by atoms with Crippen LogP contribution in [0.15, 0.2) is 0 Å². The van der Waals surface area contributed by atoms with Crippen LogP contribution in [0.2, 0.25) is 0 Å². The maximum atomic E-state index is 5.51. The summed E-state index contributed by atoms with van der Waals surface area (Å²) in [5.74, 6) is 0.936. The number of hydrogen-bond acceptors (Lipinski definition) is 2. The average molecular weight is 171 g/mol. The van der Waals surface area contributed by atoms with Crippen molar-refractivity contribution in [3.05, 3.63) is 0 Å². The van der Waals surface area contributed by atoms with Crippen LogP contribution in [0.1, 0.15) is 33.1 Å². The summed E-state index contributed by atoms with van der Waals surface area (Å²) in [4.78, 5) is 0. The van der Waals surface area contributed by atoms with Crippen LogP contribution in [0.25, 0.3) is 0 Å². The molecule has 1 unspecified atom stereocenters. The van der Waals surface area contributed by atoms with Gasteiger partial charge < -0.3 is 10.1 Å². The van der Waals surface area contributed by atoms with Gasteiger partial charge in [-0.1, -0.05) is 0 Å². The Kier molecular flexibility index (Phi) is 4.02. The lowest BCUT2D eigenvalue weighted by molar-refractivity contribution is 0.0706. The summed E-state index contributed by atoms with van der Waals surface area (Å²) in [7, 11) is 2.05. The van der Waals surface area contributed by atoms with Crippen molar-refractivity contribution >= 4 is 0 Å². The highest BCUT2D eigenvalue weighted by Gasteiger charge is 2.29. The van der Waals surface area contributed by atoms with Crippen LogP contribution in [0, 0.1) is 5.92 Å². The van der Waals surface area contributed by atoms with Crippen molar-refractivity contribution in [3.63, 3.8) is 0 Å². The summed E-state index contributed by atoms with van der Waals surface area (Å²) in [5.41, 5.74) is 0. The molecule has 0 radical (unpaired) electrons. The first kappa shape index (κ1) is 10.0. The van der Waals surface area contributed by atoms with Gasteiger partial charge >= 0.3 is 0 Å². The van der Waals surface area contributed by atoms with Gasteiger partial charge in [0.25, 0.3) is 0 Å². The standard InChI is InChI=1S/C10H21NO/c1-8(2)12-7-6-10(11-3)9-4-5-9/h8-11H,4-7H2,1-3H3. The minimum absolute atomic E-state index is 0.377. The molecule has 1 fully saturated rings. The van der Waals surface area contributed by atoms with E-state index in [1.54, 1.807) is 0 Å². The van der Waals surface area contributed by atoms with Crippen LogP contribution in [0.3, 0.4) is 0 Å². The van der Waals surface area contributed by atoms with Crippen LogP contribution in [-0.4, -0.2) is 25.8 Å². The van der Waals surface area contributed by atoms with Gasteiger partial charge in [-0.15, -0.1) is 0 Å². The third-order valence-electron chi connectivity index (χ3n) is 2.44. The summed E-state index contributed by atoms with van der Waals surface area (Å²) in [5, 5.41) is 3.36. The van der Waals surface area contributed by atoms with Gasteiger partial charge in [0.1, 0.15) is 0 Å². The molecule has 2 heteroatoms. The van der Waals surface area contributed by atoms with Crippen LogP contribution < -0.4 is 5.32 Å². The molecule has 0 amide bonds. The van der Waals surface area contributed by atoms with Crippen LogP contribution in [-0.2, 0) is 4.74 Å². The van der Waals surface area contributed by atoms with Gasteiger partial charge in [-0.2, -0.15) is 0 Å². The molecule has 2 nitrogen and oxygen atoms in total. The second-order valence-electron chi connectivity index (χ2n) is 3.94. The van der Waals surface area contributed by atoms with Crippen molar-refractivity contribution in [3.8, 4) is 0 Å². The number of nitrogens with one attached hydrogen (secondary N) is 1. The van der Waals surface area contributed by atoms with Gasteiger partial charge in [0.15, 0.2) is 0 Å². The first-order valence-corrected chi connectivity index (χ1v) is 5.03. The molecule has 1 aliphatic carbocycles. The van der Waals surface area contributed by atoms with Gasteiger partial charge in [0.05, 0.1) is 6.10 Å². The van der Waals surface area contributed by atoms with E-state index in [4.69, 9.17) is 4.74 Å². The molecule has 1 saturated carbocycles. The van der Waals surface area contributed by atoms with Crippen LogP contribution in [0.5, 0.6) is 0 Å². The third-order valence-corrected chi connectivity index (χ3v) is 2.44. The second kappa shape index (κ2) is 4.83. The Balaban J connectivity index is 2.02.